The Morgan fingerprint density at radius 2 is 1.92 bits per heavy atom. The summed E-state index contributed by atoms with van der Waals surface area (Å²) in [6.07, 6.45) is 0.452. The molecule has 0 radical (unpaired) electrons. The van der Waals surface area contributed by atoms with Gasteiger partial charge in [0.25, 0.3) is 0 Å². The molecule has 0 aliphatic heterocycles. The second-order valence-electron chi connectivity index (χ2n) is 2.09. The van der Waals surface area contributed by atoms with Crippen LogP contribution in [0.25, 0.3) is 0 Å². The average Bonchev–Trinajstić information content (AvgIpc) is 2.12. The Labute approximate surface area is 72.2 Å². The lowest BCUT2D eigenvalue weighted by molar-refractivity contribution is 0.128. The van der Waals surface area contributed by atoms with Crippen molar-refractivity contribution in [2.45, 2.75) is 6.42 Å². The average molecular weight is 198 g/mol. The smallest absolute Gasteiger partial charge is 0.355 e. The third-order valence-electron chi connectivity index (χ3n) is 1.25. The molecule has 0 aromatic carbocycles. The van der Waals surface area contributed by atoms with Crippen molar-refractivity contribution in [3.8, 4) is 0 Å². The molecule has 0 heterocycles. The van der Waals surface area contributed by atoms with Crippen molar-refractivity contribution < 1.29 is 23.5 Å². The Hall–Kier alpha value is 0.0700. The molecule has 0 unspecified atom stereocenters. The number of hydrogen-bond donors (Lipinski definition) is 1. The molecule has 0 aromatic heterocycles. The summed E-state index contributed by atoms with van der Waals surface area (Å²) < 4.78 is 25.5. The van der Waals surface area contributed by atoms with E-state index in [1.807, 2.05) is 0 Å². The third-order valence-corrected chi connectivity index (χ3v) is 2.86. The molecule has 74 valence electrons. The second kappa shape index (κ2) is 6.57. The number of rotatable bonds is 7. The lowest BCUT2D eigenvalue weighted by Crippen LogP contribution is -2.02. The van der Waals surface area contributed by atoms with Crippen molar-refractivity contribution in [1.82, 2.24) is 0 Å². The van der Waals surface area contributed by atoms with E-state index in [0.717, 1.165) is 0 Å². The van der Waals surface area contributed by atoms with Crippen molar-refractivity contribution in [2.24, 2.45) is 0 Å². The van der Waals surface area contributed by atoms with Gasteiger partial charge in [-0.2, -0.15) is 0 Å². The highest BCUT2D eigenvalue weighted by Gasteiger charge is 2.20. The summed E-state index contributed by atoms with van der Waals surface area (Å²) in [6.45, 7) is 0.414. The molecule has 5 nitrogen and oxygen atoms in total. The number of ether oxygens (including phenoxy) is 1. The van der Waals surface area contributed by atoms with Crippen LogP contribution in [-0.2, 0) is 18.3 Å². The summed E-state index contributed by atoms with van der Waals surface area (Å²) in [4.78, 5) is 0. The first-order chi connectivity index (χ1) is 5.68. The van der Waals surface area contributed by atoms with Crippen molar-refractivity contribution in [2.75, 3.05) is 33.8 Å². The lowest BCUT2D eigenvalue weighted by atomic mass is 10.5. The van der Waals surface area contributed by atoms with Crippen molar-refractivity contribution in [3.05, 3.63) is 0 Å². The monoisotopic (exact) mass is 198 g/mol. The minimum absolute atomic E-state index is 0.0598. The van der Waals surface area contributed by atoms with E-state index in [1.54, 1.807) is 0 Å². The normalized spacial score (nSPS) is 11.9. The molecule has 0 amide bonds. The van der Waals surface area contributed by atoms with Crippen LogP contribution in [0.2, 0.25) is 0 Å². The molecule has 0 spiro atoms. The lowest BCUT2D eigenvalue weighted by Gasteiger charge is -2.12. The van der Waals surface area contributed by atoms with Gasteiger partial charge in [0.1, 0.15) is 6.35 Å². The second-order valence-corrected chi connectivity index (χ2v) is 4.30. The van der Waals surface area contributed by atoms with Gasteiger partial charge in [-0.3, -0.25) is 4.57 Å². The van der Waals surface area contributed by atoms with Gasteiger partial charge in [0.15, 0.2) is 0 Å². The van der Waals surface area contributed by atoms with E-state index in [2.05, 4.69) is 9.05 Å². The quantitative estimate of drug-likeness (QED) is 0.484. The van der Waals surface area contributed by atoms with Gasteiger partial charge in [0.2, 0.25) is 0 Å². The van der Waals surface area contributed by atoms with Crippen LogP contribution in [-0.4, -0.2) is 38.9 Å². The Morgan fingerprint density at radius 1 is 1.33 bits per heavy atom. The molecule has 0 bridgehead atoms. The molecule has 0 aliphatic rings. The van der Waals surface area contributed by atoms with Crippen LogP contribution in [0.1, 0.15) is 6.42 Å². The van der Waals surface area contributed by atoms with E-state index in [1.165, 1.54) is 14.2 Å². The van der Waals surface area contributed by atoms with Crippen LogP contribution in [0, 0.1) is 0 Å². The Balaban J connectivity index is 3.52. The highest BCUT2D eigenvalue weighted by atomic mass is 31.2. The van der Waals surface area contributed by atoms with Gasteiger partial charge in [-0.25, -0.2) is 0 Å². The largest absolute Gasteiger partial charge is 0.396 e. The van der Waals surface area contributed by atoms with Crippen molar-refractivity contribution >= 4 is 7.60 Å². The van der Waals surface area contributed by atoms with Crippen LogP contribution < -0.4 is 0 Å². The molecular formula is C6H15O5P. The fraction of sp³-hybridized carbons (Fsp3) is 1.00. The van der Waals surface area contributed by atoms with Gasteiger partial charge < -0.3 is 18.9 Å². The van der Waals surface area contributed by atoms with E-state index in [-0.39, 0.29) is 13.0 Å². The molecule has 0 saturated heterocycles. The van der Waals surface area contributed by atoms with E-state index < -0.39 is 7.60 Å². The fourth-order valence-corrected chi connectivity index (χ4v) is 1.24. The standard InChI is InChI=1S/C6H15O5P/c1-9-12(8,10-2)6-11-5-3-4-7/h7H,3-6H2,1-2H3. The predicted molar refractivity (Wildman–Crippen MR) is 44.1 cm³/mol. The minimum atomic E-state index is -3.03. The summed E-state index contributed by atoms with van der Waals surface area (Å²) in [5.41, 5.74) is 0. The van der Waals surface area contributed by atoms with Crippen LogP contribution in [0.5, 0.6) is 0 Å². The van der Waals surface area contributed by atoms with Crippen molar-refractivity contribution in [1.29, 1.82) is 0 Å². The third kappa shape index (κ3) is 4.85. The molecular weight excluding hydrogens is 183 g/mol. The molecule has 0 aromatic rings. The van der Waals surface area contributed by atoms with Gasteiger partial charge in [0, 0.05) is 27.4 Å². The van der Waals surface area contributed by atoms with Gasteiger partial charge in [0.05, 0.1) is 0 Å². The number of aliphatic hydroxyl groups is 1. The van der Waals surface area contributed by atoms with Gasteiger partial charge >= 0.3 is 7.60 Å². The van der Waals surface area contributed by atoms with Gasteiger partial charge in [-0.1, -0.05) is 0 Å². The molecule has 6 heteroatoms. The maximum absolute atomic E-state index is 11.3. The Bertz CT molecular complexity index is 141. The zero-order valence-corrected chi connectivity index (χ0v) is 8.25. The molecule has 12 heavy (non-hydrogen) atoms. The van der Waals surface area contributed by atoms with Crippen LogP contribution in [0.3, 0.4) is 0 Å². The van der Waals surface area contributed by atoms with E-state index >= 15 is 0 Å². The highest BCUT2D eigenvalue weighted by Crippen LogP contribution is 2.45. The summed E-state index contributed by atoms with van der Waals surface area (Å²) in [6, 6.07) is 0. The van der Waals surface area contributed by atoms with E-state index in [9.17, 15) is 4.57 Å². The maximum atomic E-state index is 11.3. The summed E-state index contributed by atoms with van der Waals surface area (Å²) >= 11 is 0. The number of aliphatic hydroxyl groups excluding tert-OH is 1. The predicted octanol–water partition coefficient (Wildman–Crippen LogP) is 0.829. The molecule has 0 aliphatic carbocycles. The van der Waals surface area contributed by atoms with E-state index in [4.69, 9.17) is 9.84 Å². The maximum Gasteiger partial charge on any atom is 0.355 e. The van der Waals surface area contributed by atoms with Crippen molar-refractivity contribution in [3.63, 3.8) is 0 Å². The Kier molecular flexibility index (Phi) is 6.61. The first-order valence-electron chi connectivity index (χ1n) is 3.57. The van der Waals surface area contributed by atoms with E-state index in [0.29, 0.717) is 13.0 Å². The van der Waals surface area contributed by atoms with Crippen LogP contribution >= 0.6 is 7.60 Å². The van der Waals surface area contributed by atoms with Crippen LogP contribution in [0.4, 0.5) is 0 Å². The highest BCUT2D eigenvalue weighted by molar-refractivity contribution is 7.53. The molecule has 0 fully saturated rings. The van der Waals surface area contributed by atoms with Gasteiger partial charge in [-0.15, -0.1) is 0 Å². The zero-order valence-electron chi connectivity index (χ0n) is 7.36. The minimum Gasteiger partial charge on any atom is -0.396 e. The zero-order chi connectivity index (χ0) is 9.45. The summed E-state index contributed by atoms with van der Waals surface area (Å²) in [5, 5.41) is 8.40. The first kappa shape index (κ1) is 12.1. The topological polar surface area (TPSA) is 65.0 Å². The number of hydrogen-bond acceptors (Lipinski definition) is 5. The van der Waals surface area contributed by atoms with Gasteiger partial charge in [-0.05, 0) is 6.42 Å². The molecule has 0 saturated carbocycles. The fourth-order valence-electron chi connectivity index (χ4n) is 0.523. The summed E-state index contributed by atoms with van der Waals surface area (Å²) in [5.74, 6) is 0. The summed E-state index contributed by atoms with van der Waals surface area (Å²) in [7, 11) is -0.415. The first-order valence-corrected chi connectivity index (χ1v) is 5.30. The molecule has 0 atom stereocenters. The molecule has 0 rings (SSSR count). The van der Waals surface area contributed by atoms with Crippen LogP contribution in [0.15, 0.2) is 0 Å². The SMILES string of the molecule is COP(=O)(COCCCO)OC. The molecule has 1 N–H and O–H groups in total. The Morgan fingerprint density at radius 3 is 2.33 bits per heavy atom.